The van der Waals surface area contributed by atoms with Gasteiger partial charge in [0.1, 0.15) is 11.5 Å². The highest BCUT2D eigenvalue weighted by molar-refractivity contribution is 6.51. The molecule has 1 aliphatic rings. The first kappa shape index (κ1) is 21.3. The first-order chi connectivity index (χ1) is 15.3. The Morgan fingerprint density at radius 3 is 2.34 bits per heavy atom. The van der Waals surface area contributed by atoms with Crippen molar-refractivity contribution in [2.75, 3.05) is 12.0 Å². The number of nitrogens with zero attached hydrogens (tertiary/aromatic N) is 2. The highest BCUT2D eigenvalue weighted by atomic mass is 16.5. The van der Waals surface area contributed by atoms with Crippen LogP contribution < -0.4 is 9.64 Å². The summed E-state index contributed by atoms with van der Waals surface area (Å²) in [5.41, 5.74) is 4.41. The van der Waals surface area contributed by atoms with E-state index >= 15 is 0 Å². The zero-order chi connectivity index (χ0) is 23.0. The van der Waals surface area contributed by atoms with E-state index in [1.807, 2.05) is 39.0 Å². The number of hydrogen-bond acceptors (Lipinski definition) is 5. The third-order valence-corrected chi connectivity index (χ3v) is 5.62. The molecule has 1 saturated heterocycles. The van der Waals surface area contributed by atoms with Gasteiger partial charge in [-0.1, -0.05) is 12.1 Å². The highest BCUT2D eigenvalue weighted by Gasteiger charge is 2.47. The molecular formula is C26H24N2O4. The third-order valence-electron chi connectivity index (χ3n) is 5.62. The molecule has 1 amide bonds. The molecule has 1 atom stereocenters. The van der Waals surface area contributed by atoms with Gasteiger partial charge in [0.05, 0.1) is 18.7 Å². The number of pyridine rings is 1. The van der Waals surface area contributed by atoms with Crippen molar-refractivity contribution < 1.29 is 19.4 Å². The Bertz CT molecular complexity index is 1230. The van der Waals surface area contributed by atoms with Crippen LogP contribution >= 0.6 is 0 Å². The van der Waals surface area contributed by atoms with Gasteiger partial charge in [0.2, 0.25) is 0 Å². The molecule has 1 unspecified atom stereocenters. The van der Waals surface area contributed by atoms with E-state index in [0.717, 1.165) is 16.7 Å². The molecule has 0 radical (unpaired) electrons. The summed E-state index contributed by atoms with van der Waals surface area (Å²) in [7, 11) is 1.56. The van der Waals surface area contributed by atoms with E-state index in [0.29, 0.717) is 22.6 Å². The first-order valence-electron chi connectivity index (χ1n) is 10.3. The van der Waals surface area contributed by atoms with Crippen molar-refractivity contribution in [2.24, 2.45) is 0 Å². The Labute approximate surface area is 186 Å². The van der Waals surface area contributed by atoms with E-state index in [9.17, 15) is 14.7 Å². The summed E-state index contributed by atoms with van der Waals surface area (Å²) >= 11 is 0. The van der Waals surface area contributed by atoms with E-state index < -0.39 is 17.7 Å². The van der Waals surface area contributed by atoms with Gasteiger partial charge in [-0.15, -0.1) is 0 Å². The van der Waals surface area contributed by atoms with Gasteiger partial charge >= 0.3 is 0 Å². The second-order valence-corrected chi connectivity index (χ2v) is 7.98. The van der Waals surface area contributed by atoms with Crippen molar-refractivity contribution in [1.82, 2.24) is 4.98 Å². The number of amides is 1. The number of benzene rings is 2. The van der Waals surface area contributed by atoms with Crippen LogP contribution in [0.5, 0.6) is 5.75 Å². The van der Waals surface area contributed by atoms with Gasteiger partial charge in [-0.05, 0) is 79.4 Å². The number of methoxy groups -OCH3 is 1. The van der Waals surface area contributed by atoms with Crippen molar-refractivity contribution in [1.29, 1.82) is 0 Å². The fourth-order valence-electron chi connectivity index (χ4n) is 4.22. The topological polar surface area (TPSA) is 79.7 Å². The predicted octanol–water partition coefficient (Wildman–Crippen LogP) is 4.64. The monoisotopic (exact) mass is 428 g/mol. The van der Waals surface area contributed by atoms with Gasteiger partial charge in [-0.25, -0.2) is 0 Å². The van der Waals surface area contributed by atoms with Gasteiger partial charge in [-0.2, -0.15) is 0 Å². The molecule has 1 fully saturated rings. The average molecular weight is 428 g/mol. The molecule has 0 aliphatic carbocycles. The minimum absolute atomic E-state index is 0.0374. The number of ether oxygens (including phenoxy) is 1. The molecule has 6 nitrogen and oxygen atoms in total. The summed E-state index contributed by atoms with van der Waals surface area (Å²) < 4.78 is 5.25. The van der Waals surface area contributed by atoms with Crippen LogP contribution in [0.3, 0.4) is 0 Å². The number of carbonyl (C=O) groups excluding carboxylic acids is 2. The van der Waals surface area contributed by atoms with Crippen LogP contribution in [0.4, 0.5) is 5.69 Å². The number of aryl methyl sites for hydroxylation is 3. The van der Waals surface area contributed by atoms with Gasteiger partial charge in [-0.3, -0.25) is 19.5 Å². The van der Waals surface area contributed by atoms with Gasteiger partial charge in [0.25, 0.3) is 11.7 Å². The number of ketones is 1. The SMILES string of the molecule is COc1ccc(/C(O)=C2/C(=O)C(=O)N(c3cc(C)cc(C)c3)C2c2cccnc2)c(C)c1. The fraction of sp³-hybridized carbons (Fsp3) is 0.192. The number of Topliss-reactive ketones (excluding diaryl/α,β-unsaturated/α-hetero) is 1. The standard InChI is InChI=1S/C26H24N2O4/c1-15-10-16(2)12-19(11-15)28-23(18-6-5-9-27-14-18)22(25(30)26(28)31)24(29)21-8-7-20(32-4)13-17(21)3/h5-14,23,29H,1-4H3/b24-22-. The molecule has 0 bridgehead atoms. The largest absolute Gasteiger partial charge is 0.507 e. The number of anilines is 1. The van der Waals surface area contributed by atoms with E-state index in [-0.39, 0.29) is 11.3 Å². The minimum Gasteiger partial charge on any atom is -0.507 e. The Balaban J connectivity index is 1.96. The molecule has 1 aliphatic heterocycles. The summed E-state index contributed by atoms with van der Waals surface area (Å²) in [5.74, 6) is -0.995. The van der Waals surface area contributed by atoms with Crippen molar-refractivity contribution in [3.8, 4) is 5.75 Å². The maximum atomic E-state index is 13.2. The summed E-state index contributed by atoms with van der Waals surface area (Å²) in [6.07, 6.45) is 3.24. The average Bonchev–Trinajstić information content (AvgIpc) is 3.04. The van der Waals surface area contributed by atoms with Crippen molar-refractivity contribution in [3.05, 3.63) is 94.3 Å². The zero-order valence-corrected chi connectivity index (χ0v) is 18.4. The van der Waals surface area contributed by atoms with Crippen molar-refractivity contribution >= 4 is 23.1 Å². The van der Waals surface area contributed by atoms with Crippen LogP contribution in [0, 0.1) is 20.8 Å². The van der Waals surface area contributed by atoms with Crippen LogP contribution in [-0.2, 0) is 9.59 Å². The predicted molar refractivity (Wildman–Crippen MR) is 123 cm³/mol. The van der Waals surface area contributed by atoms with Crippen LogP contribution in [0.2, 0.25) is 0 Å². The lowest BCUT2D eigenvalue weighted by Crippen LogP contribution is -2.29. The molecule has 6 heteroatoms. The van der Waals surface area contributed by atoms with Crippen LogP contribution in [-0.4, -0.2) is 28.9 Å². The molecule has 3 aromatic rings. The Morgan fingerprint density at radius 1 is 1.03 bits per heavy atom. The minimum atomic E-state index is -0.800. The normalized spacial score (nSPS) is 17.6. The number of carbonyl (C=O) groups is 2. The Hall–Kier alpha value is -3.93. The molecule has 162 valence electrons. The first-order valence-corrected chi connectivity index (χ1v) is 10.3. The van der Waals surface area contributed by atoms with Gasteiger partial charge < -0.3 is 9.84 Å². The quantitative estimate of drug-likeness (QED) is 0.372. The lowest BCUT2D eigenvalue weighted by molar-refractivity contribution is -0.132. The molecule has 1 aromatic heterocycles. The van der Waals surface area contributed by atoms with E-state index in [1.165, 1.54) is 4.90 Å². The summed E-state index contributed by atoms with van der Waals surface area (Å²) in [5, 5.41) is 11.3. The Kier molecular flexibility index (Phi) is 5.53. The summed E-state index contributed by atoms with van der Waals surface area (Å²) in [4.78, 5) is 32.1. The van der Waals surface area contributed by atoms with Crippen LogP contribution in [0.25, 0.3) is 5.76 Å². The number of aromatic nitrogens is 1. The molecule has 32 heavy (non-hydrogen) atoms. The zero-order valence-electron chi connectivity index (χ0n) is 18.4. The maximum absolute atomic E-state index is 13.2. The molecule has 2 heterocycles. The highest BCUT2D eigenvalue weighted by Crippen LogP contribution is 2.42. The van der Waals surface area contributed by atoms with E-state index in [1.54, 1.807) is 49.8 Å². The second-order valence-electron chi connectivity index (χ2n) is 7.98. The summed E-state index contributed by atoms with van der Waals surface area (Å²) in [6.45, 7) is 5.69. The van der Waals surface area contributed by atoms with E-state index in [4.69, 9.17) is 4.74 Å². The second kappa shape index (κ2) is 8.30. The summed E-state index contributed by atoms with van der Waals surface area (Å²) in [6, 6.07) is 13.6. The smallest absolute Gasteiger partial charge is 0.300 e. The third kappa shape index (κ3) is 3.64. The molecule has 2 aromatic carbocycles. The van der Waals surface area contributed by atoms with Crippen molar-refractivity contribution in [2.45, 2.75) is 26.8 Å². The van der Waals surface area contributed by atoms with Gasteiger partial charge in [0, 0.05) is 23.6 Å². The van der Waals surface area contributed by atoms with Crippen molar-refractivity contribution in [3.63, 3.8) is 0 Å². The number of hydrogen-bond donors (Lipinski definition) is 1. The maximum Gasteiger partial charge on any atom is 0.300 e. The molecule has 0 saturated carbocycles. The van der Waals surface area contributed by atoms with E-state index in [2.05, 4.69) is 4.98 Å². The molecular weight excluding hydrogens is 404 g/mol. The molecule has 0 spiro atoms. The number of aliphatic hydroxyl groups is 1. The van der Waals surface area contributed by atoms with Gasteiger partial charge in [0.15, 0.2) is 0 Å². The van der Waals surface area contributed by atoms with Crippen LogP contribution in [0.1, 0.15) is 33.9 Å². The Morgan fingerprint density at radius 2 is 1.75 bits per heavy atom. The fourth-order valence-corrected chi connectivity index (χ4v) is 4.22. The van der Waals surface area contributed by atoms with Crippen LogP contribution in [0.15, 0.2) is 66.5 Å². The number of aliphatic hydroxyl groups excluding tert-OH is 1. The number of rotatable bonds is 4. The molecule has 1 N–H and O–H groups in total. The molecule has 4 rings (SSSR count). The lowest BCUT2D eigenvalue weighted by atomic mass is 9.94. The lowest BCUT2D eigenvalue weighted by Gasteiger charge is -2.26.